The van der Waals surface area contributed by atoms with Crippen LogP contribution in [0.1, 0.15) is 41.8 Å². The van der Waals surface area contributed by atoms with Crippen molar-refractivity contribution in [3.63, 3.8) is 0 Å². The van der Waals surface area contributed by atoms with Gasteiger partial charge in [0.25, 0.3) is 5.91 Å². The molecule has 110 valence electrons. The first-order chi connectivity index (χ1) is 9.33. The predicted octanol–water partition coefficient (Wildman–Crippen LogP) is 2.62. The topological polar surface area (TPSA) is 55.4 Å². The van der Waals surface area contributed by atoms with Crippen LogP contribution in [0, 0.1) is 19.8 Å². The minimum atomic E-state index is -0.603. The normalized spacial score (nSPS) is 12.1. The molecule has 1 amide bonds. The van der Waals surface area contributed by atoms with Crippen LogP contribution in [0.3, 0.4) is 0 Å². The first kappa shape index (κ1) is 16.2. The van der Waals surface area contributed by atoms with Crippen LogP contribution >= 0.6 is 0 Å². The number of benzene rings is 1. The van der Waals surface area contributed by atoms with E-state index in [9.17, 15) is 9.59 Å². The molecule has 0 aromatic heterocycles. The Morgan fingerprint density at radius 3 is 2.15 bits per heavy atom. The number of aryl methyl sites for hydroxylation is 2. The van der Waals surface area contributed by atoms with Gasteiger partial charge in [0.1, 0.15) is 6.04 Å². The summed E-state index contributed by atoms with van der Waals surface area (Å²) in [5.41, 5.74) is 2.61. The summed E-state index contributed by atoms with van der Waals surface area (Å²) in [6.07, 6.45) is 0.559. The molecular formula is C16H23NO3. The fourth-order valence-electron chi connectivity index (χ4n) is 2.18. The molecule has 0 heterocycles. The van der Waals surface area contributed by atoms with Gasteiger partial charge in [-0.1, -0.05) is 31.0 Å². The zero-order valence-corrected chi connectivity index (χ0v) is 12.8. The van der Waals surface area contributed by atoms with Gasteiger partial charge in [-0.05, 0) is 38.3 Å². The molecule has 0 aliphatic rings. The lowest BCUT2D eigenvalue weighted by atomic mass is 10.0. The lowest BCUT2D eigenvalue weighted by Crippen LogP contribution is -2.42. The van der Waals surface area contributed by atoms with Gasteiger partial charge in [-0.15, -0.1) is 0 Å². The van der Waals surface area contributed by atoms with Crippen molar-refractivity contribution in [2.45, 2.75) is 40.2 Å². The number of methoxy groups -OCH3 is 1. The standard InChI is InChI=1S/C16H23NO3/c1-10(2)6-14(16(19)20-5)17-15(18)13-8-11(3)7-12(4)9-13/h7-10,14H,6H2,1-5H3,(H,17,18)/t14-/m1/s1. The molecular weight excluding hydrogens is 254 g/mol. The molecule has 0 radical (unpaired) electrons. The number of rotatable bonds is 5. The van der Waals surface area contributed by atoms with Crippen LogP contribution in [0.4, 0.5) is 0 Å². The SMILES string of the molecule is COC(=O)[C@@H](CC(C)C)NC(=O)c1cc(C)cc(C)c1. The van der Waals surface area contributed by atoms with Gasteiger partial charge < -0.3 is 10.1 Å². The minimum absolute atomic E-state index is 0.243. The maximum Gasteiger partial charge on any atom is 0.328 e. The van der Waals surface area contributed by atoms with Crippen LogP contribution in [0.2, 0.25) is 0 Å². The molecule has 0 saturated heterocycles. The Hall–Kier alpha value is -1.84. The molecule has 0 bridgehead atoms. The van der Waals surface area contributed by atoms with Crippen molar-refractivity contribution in [2.24, 2.45) is 5.92 Å². The number of hydrogen-bond donors (Lipinski definition) is 1. The van der Waals surface area contributed by atoms with E-state index >= 15 is 0 Å². The van der Waals surface area contributed by atoms with E-state index in [4.69, 9.17) is 4.74 Å². The lowest BCUT2D eigenvalue weighted by Gasteiger charge is -2.18. The fraction of sp³-hybridized carbons (Fsp3) is 0.500. The third-order valence-electron chi connectivity index (χ3n) is 2.98. The number of nitrogens with one attached hydrogen (secondary N) is 1. The zero-order valence-electron chi connectivity index (χ0n) is 12.8. The summed E-state index contributed by atoms with van der Waals surface area (Å²) in [5, 5.41) is 2.76. The Labute approximate surface area is 120 Å². The highest BCUT2D eigenvalue weighted by molar-refractivity contribution is 5.97. The van der Waals surface area contributed by atoms with Crippen molar-refractivity contribution in [1.82, 2.24) is 5.32 Å². The summed E-state index contributed by atoms with van der Waals surface area (Å²) in [6.45, 7) is 7.88. The molecule has 1 N–H and O–H groups in total. The molecule has 4 heteroatoms. The van der Waals surface area contributed by atoms with Crippen molar-refractivity contribution >= 4 is 11.9 Å². The van der Waals surface area contributed by atoms with Crippen molar-refractivity contribution in [2.75, 3.05) is 7.11 Å². The Bertz CT molecular complexity index is 474. The van der Waals surface area contributed by atoms with Crippen molar-refractivity contribution < 1.29 is 14.3 Å². The zero-order chi connectivity index (χ0) is 15.3. The summed E-state index contributed by atoms with van der Waals surface area (Å²) in [7, 11) is 1.33. The Balaban J connectivity index is 2.87. The summed E-state index contributed by atoms with van der Waals surface area (Å²) in [5.74, 6) is -0.358. The van der Waals surface area contributed by atoms with Crippen LogP contribution in [0.25, 0.3) is 0 Å². The number of ether oxygens (including phenoxy) is 1. The second-order valence-corrected chi connectivity index (χ2v) is 5.56. The molecule has 0 spiro atoms. The molecule has 0 aliphatic carbocycles. The molecule has 1 aromatic carbocycles. The first-order valence-electron chi connectivity index (χ1n) is 6.80. The quantitative estimate of drug-likeness (QED) is 0.842. The van der Waals surface area contributed by atoms with E-state index in [1.165, 1.54) is 7.11 Å². The largest absolute Gasteiger partial charge is 0.467 e. The second kappa shape index (κ2) is 7.08. The minimum Gasteiger partial charge on any atom is -0.467 e. The predicted molar refractivity (Wildman–Crippen MR) is 78.6 cm³/mol. The maximum atomic E-state index is 12.2. The first-order valence-corrected chi connectivity index (χ1v) is 6.80. The van der Waals surface area contributed by atoms with E-state index in [1.807, 2.05) is 45.9 Å². The van der Waals surface area contributed by atoms with Crippen molar-refractivity contribution in [3.8, 4) is 0 Å². The van der Waals surface area contributed by atoms with Crippen molar-refractivity contribution in [3.05, 3.63) is 34.9 Å². The number of carbonyl (C=O) groups excluding carboxylic acids is 2. The van der Waals surface area contributed by atoms with Gasteiger partial charge in [-0.25, -0.2) is 4.79 Å². The van der Waals surface area contributed by atoms with E-state index in [1.54, 1.807) is 0 Å². The maximum absolute atomic E-state index is 12.2. The van der Waals surface area contributed by atoms with E-state index in [0.717, 1.165) is 11.1 Å². The summed E-state index contributed by atoms with van der Waals surface area (Å²) in [6, 6.07) is 5.02. The molecule has 0 saturated carbocycles. The molecule has 0 aliphatic heterocycles. The molecule has 1 rings (SSSR count). The molecule has 0 fully saturated rings. The van der Waals surface area contributed by atoms with Gasteiger partial charge in [0.05, 0.1) is 7.11 Å². The lowest BCUT2D eigenvalue weighted by molar-refractivity contribution is -0.143. The summed E-state index contributed by atoms with van der Waals surface area (Å²) < 4.78 is 4.74. The van der Waals surface area contributed by atoms with E-state index in [0.29, 0.717) is 17.9 Å². The average Bonchev–Trinajstić information content (AvgIpc) is 2.35. The van der Waals surface area contributed by atoms with Crippen LogP contribution in [-0.4, -0.2) is 25.0 Å². The summed E-state index contributed by atoms with van der Waals surface area (Å²) >= 11 is 0. The highest BCUT2D eigenvalue weighted by Gasteiger charge is 2.23. The Morgan fingerprint density at radius 1 is 1.15 bits per heavy atom. The third-order valence-corrected chi connectivity index (χ3v) is 2.98. The third kappa shape index (κ3) is 4.68. The molecule has 20 heavy (non-hydrogen) atoms. The van der Waals surface area contributed by atoms with Crippen LogP contribution < -0.4 is 5.32 Å². The Morgan fingerprint density at radius 2 is 1.70 bits per heavy atom. The van der Waals surface area contributed by atoms with Crippen LogP contribution in [0.15, 0.2) is 18.2 Å². The fourth-order valence-corrected chi connectivity index (χ4v) is 2.18. The van der Waals surface area contributed by atoms with Gasteiger partial charge >= 0.3 is 5.97 Å². The molecule has 4 nitrogen and oxygen atoms in total. The van der Waals surface area contributed by atoms with Gasteiger partial charge in [0, 0.05) is 5.56 Å². The summed E-state index contributed by atoms with van der Waals surface area (Å²) in [4.78, 5) is 24.0. The van der Waals surface area contributed by atoms with Gasteiger partial charge in [0.2, 0.25) is 0 Å². The number of amides is 1. The smallest absolute Gasteiger partial charge is 0.328 e. The second-order valence-electron chi connectivity index (χ2n) is 5.56. The highest BCUT2D eigenvalue weighted by Crippen LogP contribution is 2.11. The van der Waals surface area contributed by atoms with Gasteiger partial charge in [-0.3, -0.25) is 4.79 Å². The molecule has 1 aromatic rings. The average molecular weight is 277 g/mol. The molecule has 1 atom stereocenters. The van der Waals surface area contributed by atoms with E-state index < -0.39 is 12.0 Å². The number of esters is 1. The van der Waals surface area contributed by atoms with Crippen LogP contribution in [0.5, 0.6) is 0 Å². The number of hydrogen-bond acceptors (Lipinski definition) is 3. The molecule has 0 unspecified atom stereocenters. The van der Waals surface area contributed by atoms with Crippen molar-refractivity contribution in [1.29, 1.82) is 0 Å². The monoisotopic (exact) mass is 277 g/mol. The van der Waals surface area contributed by atoms with Gasteiger partial charge in [0.15, 0.2) is 0 Å². The van der Waals surface area contributed by atoms with E-state index in [-0.39, 0.29) is 5.91 Å². The van der Waals surface area contributed by atoms with E-state index in [2.05, 4.69) is 5.32 Å². The van der Waals surface area contributed by atoms with Gasteiger partial charge in [-0.2, -0.15) is 0 Å². The van der Waals surface area contributed by atoms with Crippen LogP contribution in [-0.2, 0) is 9.53 Å². The number of carbonyl (C=O) groups is 2. The highest BCUT2D eigenvalue weighted by atomic mass is 16.5. The Kier molecular flexibility index (Phi) is 5.74.